The highest BCUT2D eigenvalue weighted by Gasteiger charge is 2.25. The van der Waals surface area contributed by atoms with Crippen LogP contribution in [-0.4, -0.2) is 17.6 Å². The molecule has 1 aliphatic rings. The van der Waals surface area contributed by atoms with E-state index in [0.717, 1.165) is 42.5 Å². The number of aliphatic carboxylic acids is 1. The monoisotopic (exact) mass is 315 g/mol. The maximum Gasteiger partial charge on any atom is 0.306 e. The van der Waals surface area contributed by atoms with Crippen molar-refractivity contribution in [2.24, 2.45) is 11.8 Å². The van der Waals surface area contributed by atoms with Crippen molar-refractivity contribution < 1.29 is 14.3 Å². The van der Waals surface area contributed by atoms with Gasteiger partial charge >= 0.3 is 5.97 Å². The fourth-order valence-corrected chi connectivity index (χ4v) is 2.80. The van der Waals surface area contributed by atoms with Crippen LogP contribution in [0.1, 0.15) is 31.4 Å². The van der Waals surface area contributed by atoms with E-state index in [1.165, 1.54) is 0 Å². The summed E-state index contributed by atoms with van der Waals surface area (Å²) in [7, 11) is 0. The van der Waals surface area contributed by atoms with E-state index in [1.807, 2.05) is 6.07 Å². The first-order valence-corrected chi connectivity index (χ1v) is 7.11. The first kappa shape index (κ1) is 13.6. The second-order valence-electron chi connectivity index (χ2n) is 4.88. The molecule has 1 heterocycles. The molecule has 0 spiro atoms. The molecule has 0 unspecified atom stereocenters. The van der Waals surface area contributed by atoms with Crippen molar-refractivity contribution in [1.82, 2.24) is 5.32 Å². The molecule has 100 valence electrons. The largest absolute Gasteiger partial charge is 0.481 e. The molecular formula is C13H18BrNO3. The number of nitrogens with one attached hydrogen (secondary N) is 1. The minimum atomic E-state index is -0.638. The average molecular weight is 316 g/mol. The fourth-order valence-electron chi connectivity index (χ4n) is 2.45. The summed E-state index contributed by atoms with van der Waals surface area (Å²) in [5.41, 5.74) is 0. The Hall–Kier alpha value is -0.810. The van der Waals surface area contributed by atoms with Gasteiger partial charge in [-0.1, -0.05) is 0 Å². The zero-order valence-corrected chi connectivity index (χ0v) is 11.8. The molecule has 2 rings (SSSR count). The minimum Gasteiger partial charge on any atom is -0.481 e. The molecule has 1 aliphatic carbocycles. The summed E-state index contributed by atoms with van der Waals surface area (Å²) in [6.07, 6.45) is 5.30. The molecule has 0 atom stereocenters. The lowest BCUT2D eigenvalue weighted by Gasteiger charge is -2.26. The molecule has 0 radical (unpaired) electrons. The number of carboxylic acids is 1. The van der Waals surface area contributed by atoms with Crippen LogP contribution >= 0.6 is 15.9 Å². The normalized spacial score (nSPS) is 24.1. The van der Waals surface area contributed by atoms with Gasteiger partial charge in [0.15, 0.2) is 0 Å². The molecule has 0 amide bonds. The van der Waals surface area contributed by atoms with Gasteiger partial charge in [-0.2, -0.15) is 0 Å². The van der Waals surface area contributed by atoms with Crippen molar-refractivity contribution in [2.75, 3.05) is 6.54 Å². The van der Waals surface area contributed by atoms with Gasteiger partial charge in [-0.25, -0.2) is 0 Å². The summed E-state index contributed by atoms with van der Waals surface area (Å²) < 4.78 is 6.31. The summed E-state index contributed by atoms with van der Waals surface area (Å²) >= 11 is 3.42. The van der Waals surface area contributed by atoms with Gasteiger partial charge in [0, 0.05) is 0 Å². The van der Waals surface area contributed by atoms with Gasteiger partial charge in [0.05, 0.1) is 23.2 Å². The smallest absolute Gasteiger partial charge is 0.306 e. The van der Waals surface area contributed by atoms with Gasteiger partial charge in [-0.15, -0.1) is 0 Å². The van der Waals surface area contributed by atoms with Gasteiger partial charge in [0.1, 0.15) is 5.76 Å². The van der Waals surface area contributed by atoms with Gasteiger partial charge in [0.25, 0.3) is 0 Å². The highest BCUT2D eigenvalue weighted by Crippen LogP contribution is 2.28. The molecule has 1 aromatic rings. The molecule has 4 nitrogen and oxygen atoms in total. The molecule has 0 saturated heterocycles. The summed E-state index contributed by atoms with van der Waals surface area (Å²) in [5.74, 6) is 0.741. The Balaban J connectivity index is 1.67. The van der Waals surface area contributed by atoms with E-state index in [-0.39, 0.29) is 5.92 Å². The first-order chi connectivity index (χ1) is 8.66. The van der Waals surface area contributed by atoms with Crippen LogP contribution in [-0.2, 0) is 11.3 Å². The third-order valence-corrected chi connectivity index (χ3v) is 4.31. The first-order valence-electron chi connectivity index (χ1n) is 6.32. The molecule has 0 aromatic carbocycles. The highest BCUT2D eigenvalue weighted by molar-refractivity contribution is 9.10. The molecule has 1 saturated carbocycles. The Labute approximate surface area is 115 Å². The summed E-state index contributed by atoms with van der Waals surface area (Å²) in [6, 6.07) is 1.88. The maximum atomic E-state index is 10.8. The van der Waals surface area contributed by atoms with Crippen molar-refractivity contribution in [2.45, 2.75) is 32.2 Å². The molecular weight excluding hydrogens is 298 g/mol. The van der Waals surface area contributed by atoms with E-state index in [1.54, 1.807) is 6.26 Å². The number of rotatable bonds is 5. The Morgan fingerprint density at radius 3 is 2.72 bits per heavy atom. The summed E-state index contributed by atoms with van der Waals surface area (Å²) in [5, 5.41) is 12.3. The van der Waals surface area contributed by atoms with E-state index in [4.69, 9.17) is 9.52 Å². The second kappa shape index (κ2) is 6.38. The number of furan rings is 1. The summed E-state index contributed by atoms with van der Waals surface area (Å²) in [6.45, 7) is 1.64. The number of halogens is 1. The molecule has 2 N–H and O–H groups in total. The van der Waals surface area contributed by atoms with Crippen LogP contribution in [0.3, 0.4) is 0 Å². The highest BCUT2D eigenvalue weighted by atomic mass is 79.9. The molecule has 5 heteroatoms. The Morgan fingerprint density at radius 2 is 2.17 bits per heavy atom. The predicted molar refractivity (Wildman–Crippen MR) is 71.2 cm³/mol. The lowest BCUT2D eigenvalue weighted by molar-refractivity contribution is -0.143. The number of hydrogen-bond donors (Lipinski definition) is 2. The SMILES string of the molecule is O=C(O)C1CCC(CNCc2occc2Br)CC1. The van der Waals surface area contributed by atoms with Gasteiger partial charge in [0.2, 0.25) is 0 Å². The van der Waals surface area contributed by atoms with Crippen LogP contribution in [0.4, 0.5) is 0 Å². The Morgan fingerprint density at radius 1 is 1.44 bits per heavy atom. The summed E-state index contributed by atoms with van der Waals surface area (Å²) in [4.78, 5) is 10.8. The minimum absolute atomic E-state index is 0.125. The zero-order chi connectivity index (χ0) is 13.0. The third kappa shape index (κ3) is 3.59. The molecule has 0 bridgehead atoms. The van der Waals surface area contributed by atoms with E-state index in [2.05, 4.69) is 21.2 Å². The van der Waals surface area contributed by atoms with Crippen molar-refractivity contribution >= 4 is 21.9 Å². The lowest BCUT2D eigenvalue weighted by Crippen LogP contribution is -2.28. The topological polar surface area (TPSA) is 62.5 Å². The van der Waals surface area contributed by atoms with Crippen LogP contribution in [0.5, 0.6) is 0 Å². The maximum absolute atomic E-state index is 10.8. The number of carboxylic acid groups (broad SMARTS) is 1. The van der Waals surface area contributed by atoms with E-state index >= 15 is 0 Å². The van der Waals surface area contributed by atoms with E-state index < -0.39 is 5.97 Å². The average Bonchev–Trinajstić information content (AvgIpc) is 2.76. The van der Waals surface area contributed by atoms with Gasteiger partial charge in [-0.3, -0.25) is 4.79 Å². The van der Waals surface area contributed by atoms with Gasteiger partial charge in [-0.05, 0) is 60.1 Å². The molecule has 1 fully saturated rings. The van der Waals surface area contributed by atoms with Crippen LogP contribution in [0.15, 0.2) is 21.2 Å². The van der Waals surface area contributed by atoms with Gasteiger partial charge < -0.3 is 14.8 Å². The second-order valence-corrected chi connectivity index (χ2v) is 5.73. The zero-order valence-electron chi connectivity index (χ0n) is 10.2. The molecule has 0 aliphatic heterocycles. The van der Waals surface area contributed by atoms with Crippen molar-refractivity contribution in [3.05, 3.63) is 22.6 Å². The van der Waals surface area contributed by atoms with Crippen molar-refractivity contribution in [3.63, 3.8) is 0 Å². The fraction of sp³-hybridized carbons (Fsp3) is 0.615. The van der Waals surface area contributed by atoms with E-state index in [9.17, 15) is 4.79 Å². The molecule has 1 aromatic heterocycles. The van der Waals surface area contributed by atoms with Crippen LogP contribution in [0, 0.1) is 11.8 Å². The number of hydrogen-bond acceptors (Lipinski definition) is 3. The third-order valence-electron chi connectivity index (χ3n) is 3.61. The Kier molecular flexibility index (Phi) is 4.83. The van der Waals surface area contributed by atoms with E-state index in [0.29, 0.717) is 12.5 Å². The van der Waals surface area contributed by atoms with Crippen molar-refractivity contribution in [1.29, 1.82) is 0 Å². The Bertz CT molecular complexity index is 397. The molecule has 18 heavy (non-hydrogen) atoms. The lowest BCUT2D eigenvalue weighted by atomic mass is 9.82. The van der Waals surface area contributed by atoms with Crippen LogP contribution in [0.2, 0.25) is 0 Å². The van der Waals surface area contributed by atoms with Crippen LogP contribution in [0.25, 0.3) is 0 Å². The van der Waals surface area contributed by atoms with Crippen molar-refractivity contribution in [3.8, 4) is 0 Å². The standard InChI is InChI=1S/C13H18BrNO3/c14-11-5-6-18-12(11)8-15-7-9-1-3-10(4-2-9)13(16)17/h5-6,9-10,15H,1-4,7-8H2,(H,16,17). The van der Waals surface area contributed by atoms with Crippen LogP contribution < -0.4 is 5.32 Å². The quantitative estimate of drug-likeness (QED) is 0.876. The predicted octanol–water partition coefficient (Wildman–Crippen LogP) is 3.02. The number of carbonyl (C=O) groups is 1.